The van der Waals surface area contributed by atoms with Gasteiger partial charge in [-0.05, 0) is 37.4 Å². The molecule has 1 aliphatic heterocycles. The molecule has 0 bridgehead atoms. The molecule has 0 aromatic carbocycles. The van der Waals surface area contributed by atoms with Crippen LogP contribution in [0.2, 0.25) is 0 Å². The Morgan fingerprint density at radius 2 is 2.26 bits per heavy atom. The molecule has 2 rings (SSSR count). The van der Waals surface area contributed by atoms with Gasteiger partial charge in [-0.25, -0.2) is 4.98 Å². The van der Waals surface area contributed by atoms with Gasteiger partial charge in [-0.1, -0.05) is 19.9 Å². The van der Waals surface area contributed by atoms with E-state index in [0.717, 1.165) is 31.9 Å². The highest BCUT2D eigenvalue weighted by molar-refractivity contribution is 5.41. The lowest BCUT2D eigenvalue weighted by molar-refractivity contribution is 0.0839. The van der Waals surface area contributed by atoms with Gasteiger partial charge in [0.25, 0.3) is 0 Å². The van der Waals surface area contributed by atoms with Gasteiger partial charge in [-0.2, -0.15) is 0 Å². The van der Waals surface area contributed by atoms with E-state index in [9.17, 15) is 5.11 Å². The van der Waals surface area contributed by atoms with Crippen molar-refractivity contribution in [3.05, 3.63) is 23.9 Å². The number of aliphatic hydroxyl groups is 1. The third-order valence-corrected chi connectivity index (χ3v) is 3.47. The van der Waals surface area contributed by atoms with Gasteiger partial charge in [0.05, 0.1) is 5.60 Å². The van der Waals surface area contributed by atoms with E-state index >= 15 is 0 Å². The number of nitrogens with one attached hydrogen (secondary N) is 1. The van der Waals surface area contributed by atoms with E-state index in [2.05, 4.69) is 35.1 Å². The van der Waals surface area contributed by atoms with Crippen LogP contribution in [0.4, 0.5) is 5.82 Å². The molecule has 0 aliphatic carbocycles. The van der Waals surface area contributed by atoms with Crippen molar-refractivity contribution in [2.24, 2.45) is 5.92 Å². The molecule has 1 atom stereocenters. The molecule has 1 aliphatic rings. The molecule has 19 heavy (non-hydrogen) atoms. The van der Waals surface area contributed by atoms with Crippen LogP contribution in [0.5, 0.6) is 0 Å². The number of pyridine rings is 1. The molecule has 2 N–H and O–H groups in total. The van der Waals surface area contributed by atoms with E-state index in [4.69, 9.17) is 0 Å². The van der Waals surface area contributed by atoms with Crippen molar-refractivity contribution in [1.82, 2.24) is 10.3 Å². The minimum atomic E-state index is -0.570. The van der Waals surface area contributed by atoms with Gasteiger partial charge in [0.1, 0.15) is 5.82 Å². The smallest absolute Gasteiger partial charge is 0.128 e. The van der Waals surface area contributed by atoms with Crippen LogP contribution >= 0.6 is 0 Å². The van der Waals surface area contributed by atoms with Crippen LogP contribution in [0.1, 0.15) is 32.8 Å². The Balaban J connectivity index is 1.88. The van der Waals surface area contributed by atoms with Crippen molar-refractivity contribution < 1.29 is 5.11 Å². The summed E-state index contributed by atoms with van der Waals surface area (Å²) in [7, 11) is 0. The first-order valence-electron chi connectivity index (χ1n) is 7.09. The highest BCUT2D eigenvalue weighted by atomic mass is 16.3. The monoisotopic (exact) mass is 263 g/mol. The molecular formula is C15H25N3O. The van der Waals surface area contributed by atoms with Crippen molar-refractivity contribution in [3.63, 3.8) is 0 Å². The lowest BCUT2D eigenvalue weighted by atomic mass is 10.1. The van der Waals surface area contributed by atoms with Crippen LogP contribution in [0, 0.1) is 5.92 Å². The molecule has 0 spiro atoms. The summed E-state index contributed by atoms with van der Waals surface area (Å²) < 4.78 is 0. The summed E-state index contributed by atoms with van der Waals surface area (Å²) in [6, 6.07) is 4.16. The Morgan fingerprint density at radius 3 is 2.79 bits per heavy atom. The number of β-amino-alcohol motifs (C(OH)–C–C–N with tert-alkyl or cyclic N) is 1. The number of aromatic nitrogens is 1. The standard InChI is InChI=1S/C15H25N3O/c1-12(2)8-16-9-13-4-5-14(17-10-13)18-7-6-15(3,19)11-18/h4-5,10,12,16,19H,6-9,11H2,1-3H3. The average Bonchev–Trinajstić information content (AvgIpc) is 2.70. The zero-order chi connectivity index (χ0) is 13.9. The van der Waals surface area contributed by atoms with Gasteiger partial charge in [0.2, 0.25) is 0 Å². The summed E-state index contributed by atoms with van der Waals surface area (Å²) in [5.41, 5.74) is 0.634. The number of nitrogens with zero attached hydrogens (tertiary/aromatic N) is 2. The Morgan fingerprint density at radius 1 is 1.47 bits per heavy atom. The van der Waals surface area contributed by atoms with E-state index in [-0.39, 0.29) is 0 Å². The highest BCUT2D eigenvalue weighted by Gasteiger charge is 2.31. The zero-order valence-corrected chi connectivity index (χ0v) is 12.2. The number of hydrogen-bond donors (Lipinski definition) is 2. The predicted molar refractivity (Wildman–Crippen MR) is 78.2 cm³/mol. The van der Waals surface area contributed by atoms with Crippen LogP contribution in [0.3, 0.4) is 0 Å². The number of hydrogen-bond acceptors (Lipinski definition) is 4. The summed E-state index contributed by atoms with van der Waals surface area (Å²) in [6.45, 7) is 9.73. The minimum absolute atomic E-state index is 0.570. The first kappa shape index (κ1) is 14.3. The predicted octanol–water partition coefficient (Wildman–Crippen LogP) is 1.79. The summed E-state index contributed by atoms with van der Waals surface area (Å²) >= 11 is 0. The Kier molecular flexibility index (Phi) is 4.42. The third kappa shape index (κ3) is 4.18. The van der Waals surface area contributed by atoms with E-state index in [1.165, 1.54) is 5.56 Å². The average molecular weight is 263 g/mol. The van der Waals surface area contributed by atoms with Crippen LogP contribution in [0.15, 0.2) is 18.3 Å². The van der Waals surface area contributed by atoms with E-state index in [0.29, 0.717) is 12.5 Å². The molecule has 1 aromatic rings. The lowest BCUT2D eigenvalue weighted by Crippen LogP contribution is -2.30. The van der Waals surface area contributed by atoms with E-state index in [1.54, 1.807) is 0 Å². The summed E-state index contributed by atoms with van der Waals surface area (Å²) in [4.78, 5) is 6.64. The Labute approximate surface area is 115 Å². The quantitative estimate of drug-likeness (QED) is 0.850. The molecule has 0 radical (unpaired) electrons. The van der Waals surface area contributed by atoms with Gasteiger partial charge in [0.15, 0.2) is 0 Å². The zero-order valence-electron chi connectivity index (χ0n) is 12.2. The maximum Gasteiger partial charge on any atom is 0.128 e. The van der Waals surface area contributed by atoms with Gasteiger partial charge in [-0.3, -0.25) is 0 Å². The maximum atomic E-state index is 9.97. The van der Waals surface area contributed by atoms with Gasteiger partial charge >= 0.3 is 0 Å². The minimum Gasteiger partial charge on any atom is -0.388 e. The van der Waals surface area contributed by atoms with Crippen molar-refractivity contribution in [2.45, 2.75) is 39.3 Å². The molecular weight excluding hydrogens is 238 g/mol. The molecule has 1 saturated heterocycles. The number of rotatable bonds is 5. The van der Waals surface area contributed by atoms with Gasteiger partial charge in [-0.15, -0.1) is 0 Å². The van der Waals surface area contributed by atoms with Crippen molar-refractivity contribution in [1.29, 1.82) is 0 Å². The molecule has 106 valence electrons. The van der Waals surface area contributed by atoms with Crippen molar-refractivity contribution in [2.75, 3.05) is 24.5 Å². The fourth-order valence-corrected chi connectivity index (χ4v) is 2.35. The van der Waals surface area contributed by atoms with Crippen LogP contribution in [0.25, 0.3) is 0 Å². The van der Waals surface area contributed by atoms with Gasteiger partial charge < -0.3 is 15.3 Å². The fourth-order valence-electron chi connectivity index (χ4n) is 2.35. The number of anilines is 1. The van der Waals surface area contributed by atoms with Crippen molar-refractivity contribution >= 4 is 5.82 Å². The molecule has 0 saturated carbocycles. The second-order valence-corrected chi connectivity index (χ2v) is 6.22. The second kappa shape index (κ2) is 5.88. The topological polar surface area (TPSA) is 48.4 Å². The van der Waals surface area contributed by atoms with E-state index in [1.807, 2.05) is 19.2 Å². The molecule has 1 fully saturated rings. The molecule has 2 heterocycles. The summed E-state index contributed by atoms with van der Waals surface area (Å²) in [5, 5.41) is 13.4. The fraction of sp³-hybridized carbons (Fsp3) is 0.667. The van der Waals surface area contributed by atoms with Crippen LogP contribution in [-0.2, 0) is 6.54 Å². The maximum absolute atomic E-state index is 9.97. The second-order valence-electron chi connectivity index (χ2n) is 6.22. The molecule has 0 amide bonds. The van der Waals surface area contributed by atoms with Crippen LogP contribution in [-0.4, -0.2) is 35.3 Å². The van der Waals surface area contributed by atoms with Crippen LogP contribution < -0.4 is 10.2 Å². The largest absolute Gasteiger partial charge is 0.388 e. The Bertz CT molecular complexity index is 400. The summed E-state index contributed by atoms with van der Waals surface area (Å²) in [6.07, 6.45) is 2.74. The van der Waals surface area contributed by atoms with E-state index < -0.39 is 5.60 Å². The molecule has 4 heteroatoms. The molecule has 1 unspecified atom stereocenters. The SMILES string of the molecule is CC(C)CNCc1ccc(N2CCC(C)(O)C2)nc1. The molecule has 4 nitrogen and oxygen atoms in total. The third-order valence-electron chi connectivity index (χ3n) is 3.47. The molecule has 1 aromatic heterocycles. The Hall–Kier alpha value is -1.13. The summed E-state index contributed by atoms with van der Waals surface area (Å²) in [5.74, 6) is 1.63. The normalized spacial score (nSPS) is 23.3. The first-order chi connectivity index (χ1) is 8.96. The highest BCUT2D eigenvalue weighted by Crippen LogP contribution is 2.24. The van der Waals surface area contributed by atoms with Gasteiger partial charge in [0, 0.05) is 25.8 Å². The first-order valence-corrected chi connectivity index (χ1v) is 7.09. The van der Waals surface area contributed by atoms with Crippen molar-refractivity contribution in [3.8, 4) is 0 Å². The lowest BCUT2D eigenvalue weighted by Gasteiger charge is -2.20.